The van der Waals surface area contributed by atoms with E-state index < -0.39 is 0 Å². The van der Waals surface area contributed by atoms with Crippen molar-refractivity contribution in [2.45, 2.75) is 19.4 Å². The Bertz CT molecular complexity index is 346. The highest BCUT2D eigenvalue weighted by molar-refractivity contribution is 5.35. The van der Waals surface area contributed by atoms with Crippen molar-refractivity contribution < 1.29 is 5.11 Å². The van der Waals surface area contributed by atoms with E-state index in [4.69, 9.17) is 5.11 Å². The van der Waals surface area contributed by atoms with Crippen LogP contribution in [0.15, 0.2) is 23.0 Å². The number of pyridine rings is 1. The molecule has 0 amide bonds. The lowest BCUT2D eigenvalue weighted by molar-refractivity contribution is 0.282. The minimum Gasteiger partial charge on any atom is -0.396 e. The molecular formula is C10H16N2O2. The molecule has 0 bridgehead atoms. The van der Waals surface area contributed by atoms with E-state index in [9.17, 15) is 4.79 Å². The normalized spacial score (nSPS) is 12.5. The van der Waals surface area contributed by atoms with Crippen molar-refractivity contribution in [3.8, 4) is 0 Å². The van der Waals surface area contributed by atoms with Crippen LogP contribution in [0.1, 0.15) is 13.3 Å². The van der Waals surface area contributed by atoms with Gasteiger partial charge in [-0.05, 0) is 19.4 Å². The van der Waals surface area contributed by atoms with Crippen molar-refractivity contribution in [1.29, 1.82) is 0 Å². The predicted molar refractivity (Wildman–Crippen MR) is 56.5 cm³/mol. The first kappa shape index (κ1) is 10.8. The van der Waals surface area contributed by atoms with Crippen molar-refractivity contribution >= 4 is 5.82 Å². The summed E-state index contributed by atoms with van der Waals surface area (Å²) in [5.41, 5.74) is -0.0359. The van der Waals surface area contributed by atoms with Gasteiger partial charge in [-0.1, -0.05) is 6.07 Å². The van der Waals surface area contributed by atoms with E-state index in [0.29, 0.717) is 6.42 Å². The molecule has 0 aliphatic heterocycles. The van der Waals surface area contributed by atoms with E-state index in [1.807, 2.05) is 13.0 Å². The topological polar surface area (TPSA) is 54.3 Å². The average molecular weight is 196 g/mol. The molecule has 78 valence electrons. The summed E-state index contributed by atoms with van der Waals surface area (Å²) in [5, 5.41) is 11.9. The summed E-state index contributed by atoms with van der Waals surface area (Å²) < 4.78 is 1.55. The Morgan fingerprint density at radius 1 is 1.57 bits per heavy atom. The molecule has 1 heterocycles. The van der Waals surface area contributed by atoms with Crippen LogP contribution in [-0.2, 0) is 7.05 Å². The molecule has 0 aliphatic carbocycles. The maximum atomic E-state index is 11.3. The van der Waals surface area contributed by atoms with E-state index in [0.717, 1.165) is 5.82 Å². The highest BCUT2D eigenvalue weighted by Crippen LogP contribution is 2.05. The van der Waals surface area contributed by atoms with Crippen molar-refractivity contribution in [2.75, 3.05) is 11.9 Å². The van der Waals surface area contributed by atoms with E-state index in [2.05, 4.69) is 5.32 Å². The number of aliphatic hydroxyl groups is 1. The van der Waals surface area contributed by atoms with Gasteiger partial charge in [0, 0.05) is 25.8 Å². The summed E-state index contributed by atoms with van der Waals surface area (Å²) in [6.07, 6.45) is 0.670. The maximum Gasteiger partial charge on any atom is 0.251 e. The van der Waals surface area contributed by atoms with Gasteiger partial charge in [0.25, 0.3) is 5.56 Å². The number of rotatable bonds is 4. The molecule has 1 aromatic heterocycles. The number of nitrogens with zero attached hydrogens (tertiary/aromatic N) is 1. The average Bonchev–Trinajstić information content (AvgIpc) is 2.13. The lowest BCUT2D eigenvalue weighted by Gasteiger charge is -2.16. The molecule has 4 nitrogen and oxygen atoms in total. The fraction of sp³-hybridized carbons (Fsp3) is 0.500. The van der Waals surface area contributed by atoms with E-state index >= 15 is 0 Å². The Morgan fingerprint density at radius 3 is 2.93 bits per heavy atom. The second-order valence-corrected chi connectivity index (χ2v) is 3.37. The molecule has 1 unspecified atom stereocenters. The Labute approximate surface area is 83.2 Å². The number of hydrogen-bond donors (Lipinski definition) is 2. The second kappa shape index (κ2) is 4.81. The van der Waals surface area contributed by atoms with Crippen LogP contribution in [0.5, 0.6) is 0 Å². The van der Waals surface area contributed by atoms with Gasteiger partial charge in [0.15, 0.2) is 0 Å². The second-order valence-electron chi connectivity index (χ2n) is 3.37. The molecule has 14 heavy (non-hydrogen) atoms. The van der Waals surface area contributed by atoms with Gasteiger partial charge in [-0.3, -0.25) is 9.36 Å². The quantitative estimate of drug-likeness (QED) is 0.740. The summed E-state index contributed by atoms with van der Waals surface area (Å²) in [4.78, 5) is 11.3. The molecule has 0 spiro atoms. The van der Waals surface area contributed by atoms with Crippen molar-refractivity contribution in [3.63, 3.8) is 0 Å². The van der Waals surface area contributed by atoms with E-state index in [1.54, 1.807) is 17.7 Å². The van der Waals surface area contributed by atoms with Crippen LogP contribution in [0.2, 0.25) is 0 Å². The molecule has 0 saturated heterocycles. The van der Waals surface area contributed by atoms with Crippen LogP contribution in [0.4, 0.5) is 5.82 Å². The third kappa shape index (κ3) is 2.60. The van der Waals surface area contributed by atoms with Crippen LogP contribution in [0.25, 0.3) is 0 Å². The van der Waals surface area contributed by atoms with Gasteiger partial charge in [-0.25, -0.2) is 0 Å². The molecule has 2 N–H and O–H groups in total. The van der Waals surface area contributed by atoms with Crippen LogP contribution >= 0.6 is 0 Å². The minimum absolute atomic E-state index is 0.0359. The van der Waals surface area contributed by atoms with Gasteiger partial charge in [0.1, 0.15) is 5.82 Å². The third-order valence-electron chi connectivity index (χ3n) is 2.14. The monoisotopic (exact) mass is 196 g/mol. The number of anilines is 1. The first-order chi connectivity index (χ1) is 6.65. The van der Waals surface area contributed by atoms with Crippen LogP contribution in [0.3, 0.4) is 0 Å². The zero-order valence-corrected chi connectivity index (χ0v) is 8.53. The zero-order chi connectivity index (χ0) is 10.6. The fourth-order valence-electron chi connectivity index (χ4n) is 1.23. The molecule has 1 rings (SSSR count). The molecule has 1 atom stereocenters. The zero-order valence-electron chi connectivity index (χ0n) is 8.53. The Hall–Kier alpha value is -1.29. The van der Waals surface area contributed by atoms with Gasteiger partial charge < -0.3 is 10.4 Å². The van der Waals surface area contributed by atoms with Gasteiger partial charge in [-0.2, -0.15) is 0 Å². The van der Waals surface area contributed by atoms with Crippen LogP contribution in [0, 0.1) is 0 Å². The van der Waals surface area contributed by atoms with Crippen molar-refractivity contribution in [1.82, 2.24) is 4.57 Å². The third-order valence-corrected chi connectivity index (χ3v) is 2.14. The highest BCUT2D eigenvalue weighted by atomic mass is 16.3. The summed E-state index contributed by atoms with van der Waals surface area (Å²) in [7, 11) is 1.72. The summed E-state index contributed by atoms with van der Waals surface area (Å²) in [6, 6.07) is 5.24. The Morgan fingerprint density at radius 2 is 2.29 bits per heavy atom. The van der Waals surface area contributed by atoms with Gasteiger partial charge in [-0.15, -0.1) is 0 Å². The molecule has 4 heteroatoms. The highest BCUT2D eigenvalue weighted by Gasteiger charge is 2.03. The summed E-state index contributed by atoms with van der Waals surface area (Å²) >= 11 is 0. The lowest BCUT2D eigenvalue weighted by atomic mass is 10.2. The Balaban J connectivity index is 2.76. The fourth-order valence-corrected chi connectivity index (χ4v) is 1.23. The molecule has 0 aliphatic rings. The van der Waals surface area contributed by atoms with E-state index in [1.165, 1.54) is 6.07 Å². The molecule has 0 fully saturated rings. The van der Waals surface area contributed by atoms with Gasteiger partial charge in [0.05, 0.1) is 0 Å². The number of aromatic nitrogens is 1. The van der Waals surface area contributed by atoms with Crippen LogP contribution < -0.4 is 10.9 Å². The van der Waals surface area contributed by atoms with Crippen molar-refractivity contribution in [3.05, 3.63) is 28.6 Å². The number of nitrogens with one attached hydrogen (secondary N) is 1. The molecular weight excluding hydrogens is 180 g/mol. The molecule has 1 aromatic rings. The standard InChI is InChI=1S/C10H16N2O2/c1-8(6-7-13)11-9-4-3-5-10(14)12(9)2/h3-5,8,11,13H,6-7H2,1-2H3. The van der Waals surface area contributed by atoms with Crippen molar-refractivity contribution in [2.24, 2.45) is 7.05 Å². The molecule has 0 aromatic carbocycles. The van der Waals surface area contributed by atoms with Gasteiger partial charge in [0.2, 0.25) is 0 Å². The SMILES string of the molecule is CC(CCO)Nc1cccc(=O)n1C. The molecule has 0 saturated carbocycles. The molecule has 0 radical (unpaired) electrons. The van der Waals surface area contributed by atoms with E-state index in [-0.39, 0.29) is 18.2 Å². The van der Waals surface area contributed by atoms with Crippen LogP contribution in [-0.4, -0.2) is 22.3 Å². The Kier molecular flexibility index (Phi) is 3.71. The smallest absolute Gasteiger partial charge is 0.251 e. The number of aliphatic hydroxyl groups excluding tert-OH is 1. The lowest BCUT2D eigenvalue weighted by Crippen LogP contribution is -2.24. The first-order valence-corrected chi connectivity index (χ1v) is 4.68. The maximum absolute atomic E-state index is 11.3. The summed E-state index contributed by atoms with van der Waals surface area (Å²) in [5.74, 6) is 0.776. The first-order valence-electron chi connectivity index (χ1n) is 4.68. The number of hydrogen-bond acceptors (Lipinski definition) is 3. The largest absolute Gasteiger partial charge is 0.396 e. The van der Waals surface area contributed by atoms with Gasteiger partial charge >= 0.3 is 0 Å². The predicted octanol–water partition coefficient (Wildman–Crippen LogP) is 0.568. The summed E-state index contributed by atoms with van der Waals surface area (Å²) in [6.45, 7) is 2.11. The minimum atomic E-state index is -0.0359.